The minimum absolute atomic E-state index is 0.0431. The average molecular weight is 322 g/mol. The van der Waals surface area contributed by atoms with E-state index in [1.54, 1.807) is 7.11 Å². The lowest BCUT2D eigenvalue weighted by Gasteiger charge is -2.09. The van der Waals surface area contributed by atoms with E-state index in [1.807, 2.05) is 49.4 Å². The Balaban J connectivity index is 2.44. The van der Waals surface area contributed by atoms with Crippen molar-refractivity contribution in [2.45, 2.75) is 26.6 Å². The molecule has 0 atom stereocenters. The molecule has 0 heterocycles. The third kappa shape index (κ3) is 4.58. The topological polar surface area (TPSA) is 26.3 Å². The fourth-order valence-corrected chi connectivity index (χ4v) is 2.60. The Hall–Kier alpha value is -2.31. The highest BCUT2D eigenvalue weighted by atomic mass is 28.3. The molecule has 0 saturated heterocycles. The van der Waals surface area contributed by atoms with E-state index in [0.717, 1.165) is 11.1 Å². The van der Waals surface area contributed by atoms with Crippen LogP contribution in [0.15, 0.2) is 42.5 Å². The van der Waals surface area contributed by atoms with Crippen molar-refractivity contribution in [2.75, 3.05) is 7.11 Å². The van der Waals surface area contributed by atoms with Crippen LogP contribution in [0.25, 0.3) is 0 Å². The zero-order valence-electron chi connectivity index (χ0n) is 14.4. The first-order valence-electron chi connectivity index (χ1n) is 7.63. The number of carbonyl (C=O) groups excluding carboxylic acids is 1. The Kier molecular flexibility index (Phi) is 5.07. The normalized spacial score (nSPS) is 10.7. The Labute approximate surface area is 139 Å². The van der Waals surface area contributed by atoms with E-state index in [4.69, 9.17) is 4.74 Å². The molecular weight excluding hydrogens is 300 g/mol. The van der Waals surface area contributed by atoms with Crippen LogP contribution in [-0.4, -0.2) is 21.0 Å². The molecule has 23 heavy (non-hydrogen) atoms. The Bertz CT molecular complexity index is 772. The SMILES string of the molecule is COc1ccc(C#C[Si](C)(C)C)cc1C(=O)c1ccc(C)cc1. The van der Waals surface area contributed by atoms with E-state index in [9.17, 15) is 4.79 Å². The van der Waals surface area contributed by atoms with Crippen LogP contribution in [0, 0.1) is 18.4 Å². The second kappa shape index (κ2) is 6.85. The van der Waals surface area contributed by atoms with Crippen molar-refractivity contribution in [1.82, 2.24) is 0 Å². The maximum atomic E-state index is 12.8. The molecule has 0 aliphatic heterocycles. The number of hydrogen-bond acceptors (Lipinski definition) is 2. The molecular formula is C20H22O2Si. The summed E-state index contributed by atoms with van der Waals surface area (Å²) < 4.78 is 5.35. The largest absolute Gasteiger partial charge is 0.496 e. The van der Waals surface area contributed by atoms with Gasteiger partial charge in [0.15, 0.2) is 5.78 Å². The molecule has 0 aliphatic rings. The van der Waals surface area contributed by atoms with Crippen molar-refractivity contribution in [3.05, 3.63) is 64.7 Å². The summed E-state index contributed by atoms with van der Waals surface area (Å²) in [6, 6.07) is 13.1. The summed E-state index contributed by atoms with van der Waals surface area (Å²) in [6.07, 6.45) is 0. The van der Waals surface area contributed by atoms with Crippen molar-refractivity contribution < 1.29 is 9.53 Å². The number of methoxy groups -OCH3 is 1. The van der Waals surface area contributed by atoms with Gasteiger partial charge in [0.2, 0.25) is 0 Å². The summed E-state index contributed by atoms with van der Waals surface area (Å²) in [5.74, 6) is 3.73. The van der Waals surface area contributed by atoms with Crippen LogP contribution in [-0.2, 0) is 0 Å². The third-order valence-electron chi connectivity index (χ3n) is 3.34. The minimum atomic E-state index is -1.45. The van der Waals surface area contributed by atoms with Crippen LogP contribution in [0.5, 0.6) is 5.75 Å². The highest BCUT2D eigenvalue weighted by molar-refractivity contribution is 6.83. The predicted octanol–water partition coefficient (Wildman–Crippen LogP) is 4.46. The lowest BCUT2D eigenvalue weighted by molar-refractivity contribution is 0.103. The van der Waals surface area contributed by atoms with Gasteiger partial charge in [0, 0.05) is 11.1 Å². The molecule has 0 bridgehead atoms. The smallest absolute Gasteiger partial charge is 0.196 e. The van der Waals surface area contributed by atoms with Crippen molar-refractivity contribution in [1.29, 1.82) is 0 Å². The molecule has 2 nitrogen and oxygen atoms in total. The summed E-state index contributed by atoms with van der Waals surface area (Å²) in [5.41, 5.74) is 6.52. The first kappa shape index (κ1) is 17.0. The number of aryl methyl sites for hydroxylation is 1. The predicted molar refractivity (Wildman–Crippen MR) is 97.8 cm³/mol. The second-order valence-electron chi connectivity index (χ2n) is 6.61. The van der Waals surface area contributed by atoms with Gasteiger partial charge in [-0.3, -0.25) is 4.79 Å². The number of ether oxygens (including phenoxy) is 1. The minimum Gasteiger partial charge on any atom is -0.496 e. The van der Waals surface area contributed by atoms with Crippen molar-refractivity contribution in [3.63, 3.8) is 0 Å². The van der Waals surface area contributed by atoms with Crippen LogP contribution < -0.4 is 4.74 Å². The second-order valence-corrected chi connectivity index (χ2v) is 11.4. The van der Waals surface area contributed by atoms with Gasteiger partial charge in [0.1, 0.15) is 13.8 Å². The molecule has 0 aliphatic carbocycles. The van der Waals surface area contributed by atoms with Gasteiger partial charge in [-0.05, 0) is 25.1 Å². The van der Waals surface area contributed by atoms with Gasteiger partial charge in [0.05, 0.1) is 12.7 Å². The van der Waals surface area contributed by atoms with Gasteiger partial charge in [-0.2, -0.15) is 0 Å². The summed E-state index contributed by atoms with van der Waals surface area (Å²) in [4.78, 5) is 12.8. The summed E-state index contributed by atoms with van der Waals surface area (Å²) >= 11 is 0. The monoisotopic (exact) mass is 322 g/mol. The van der Waals surface area contributed by atoms with E-state index in [-0.39, 0.29) is 5.78 Å². The molecule has 118 valence electrons. The van der Waals surface area contributed by atoms with Crippen molar-refractivity contribution in [3.8, 4) is 17.2 Å². The number of hydrogen-bond donors (Lipinski definition) is 0. The van der Waals surface area contributed by atoms with Crippen LogP contribution >= 0.6 is 0 Å². The summed E-state index contributed by atoms with van der Waals surface area (Å²) in [5, 5.41) is 0. The lowest BCUT2D eigenvalue weighted by atomic mass is 9.99. The van der Waals surface area contributed by atoms with Gasteiger partial charge in [0.25, 0.3) is 0 Å². The molecule has 0 fully saturated rings. The number of benzene rings is 2. The van der Waals surface area contributed by atoms with Crippen LogP contribution in [0.1, 0.15) is 27.0 Å². The Morgan fingerprint density at radius 2 is 1.70 bits per heavy atom. The van der Waals surface area contributed by atoms with Crippen molar-refractivity contribution in [2.24, 2.45) is 0 Å². The molecule has 0 spiro atoms. The molecule has 0 aromatic heterocycles. The van der Waals surface area contributed by atoms with Gasteiger partial charge < -0.3 is 4.74 Å². The zero-order chi connectivity index (χ0) is 17.0. The Morgan fingerprint density at radius 3 is 2.26 bits per heavy atom. The molecule has 0 unspecified atom stereocenters. The summed E-state index contributed by atoms with van der Waals surface area (Å²) in [7, 11) is 0.124. The van der Waals surface area contributed by atoms with Crippen LogP contribution in [0.4, 0.5) is 0 Å². The standard InChI is InChI=1S/C20H22O2Si/c1-15-6-9-17(10-7-15)20(21)18-14-16(8-11-19(18)22-2)12-13-23(3,4)5/h6-11,14H,1-5H3. The van der Waals surface area contributed by atoms with E-state index in [1.165, 1.54) is 0 Å². The maximum Gasteiger partial charge on any atom is 0.196 e. The van der Waals surface area contributed by atoms with Gasteiger partial charge in [-0.25, -0.2) is 0 Å². The maximum absolute atomic E-state index is 12.8. The van der Waals surface area contributed by atoms with E-state index in [0.29, 0.717) is 16.9 Å². The molecule has 0 radical (unpaired) electrons. The highest BCUT2D eigenvalue weighted by Crippen LogP contribution is 2.23. The highest BCUT2D eigenvalue weighted by Gasteiger charge is 2.15. The molecule has 0 saturated carbocycles. The fourth-order valence-electron chi connectivity index (χ4n) is 2.08. The van der Waals surface area contributed by atoms with Crippen LogP contribution in [0.3, 0.4) is 0 Å². The van der Waals surface area contributed by atoms with Gasteiger partial charge in [-0.1, -0.05) is 55.4 Å². The number of ketones is 1. The van der Waals surface area contributed by atoms with Crippen molar-refractivity contribution >= 4 is 13.9 Å². The molecule has 0 N–H and O–H groups in total. The van der Waals surface area contributed by atoms with E-state index >= 15 is 0 Å². The van der Waals surface area contributed by atoms with Gasteiger partial charge in [-0.15, -0.1) is 5.54 Å². The molecule has 2 aromatic carbocycles. The molecule has 3 heteroatoms. The molecule has 2 rings (SSSR count). The van der Waals surface area contributed by atoms with E-state index in [2.05, 4.69) is 31.1 Å². The quantitative estimate of drug-likeness (QED) is 0.474. The summed E-state index contributed by atoms with van der Waals surface area (Å²) in [6.45, 7) is 8.59. The first-order chi connectivity index (χ1) is 10.8. The first-order valence-corrected chi connectivity index (χ1v) is 11.1. The third-order valence-corrected chi connectivity index (χ3v) is 4.21. The number of carbonyl (C=O) groups is 1. The molecule has 0 amide bonds. The molecule has 2 aromatic rings. The average Bonchev–Trinajstić information content (AvgIpc) is 2.52. The number of rotatable bonds is 3. The lowest BCUT2D eigenvalue weighted by Crippen LogP contribution is -2.16. The van der Waals surface area contributed by atoms with Gasteiger partial charge >= 0.3 is 0 Å². The van der Waals surface area contributed by atoms with Crippen LogP contribution in [0.2, 0.25) is 19.6 Å². The Morgan fingerprint density at radius 1 is 1.04 bits per heavy atom. The zero-order valence-corrected chi connectivity index (χ0v) is 15.4. The van der Waals surface area contributed by atoms with E-state index < -0.39 is 8.07 Å². The fraction of sp³-hybridized carbons (Fsp3) is 0.250.